The summed E-state index contributed by atoms with van der Waals surface area (Å²) in [6.45, 7) is 10.5. The lowest BCUT2D eigenvalue weighted by Gasteiger charge is -2.40. The molecule has 1 aliphatic rings. The molecule has 0 spiro atoms. The molecule has 1 saturated heterocycles. The molecule has 0 aliphatic carbocycles. The van der Waals surface area contributed by atoms with Crippen LogP contribution in [0.2, 0.25) is 0 Å². The molecule has 24 heavy (non-hydrogen) atoms. The number of benzene rings is 1. The molecule has 0 aromatic heterocycles. The van der Waals surface area contributed by atoms with Crippen molar-refractivity contribution in [2.75, 3.05) is 20.1 Å². The molecular formula is C20H26N2O2. The van der Waals surface area contributed by atoms with E-state index in [-0.39, 0.29) is 23.8 Å². The van der Waals surface area contributed by atoms with Gasteiger partial charge in [0.05, 0.1) is 12.0 Å². The van der Waals surface area contributed by atoms with Gasteiger partial charge in [-0.25, -0.2) is 0 Å². The average Bonchev–Trinajstić information content (AvgIpc) is 2.57. The van der Waals surface area contributed by atoms with E-state index < -0.39 is 0 Å². The Morgan fingerprint density at radius 3 is 2.38 bits per heavy atom. The Kier molecular flexibility index (Phi) is 5.96. The van der Waals surface area contributed by atoms with E-state index in [0.29, 0.717) is 25.9 Å². The monoisotopic (exact) mass is 326 g/mol. The van der Waals surface area contributed by atoms with Crippen LogP contribution in [0.5, 0.6) is 0 Å². The molecule has 0 saturated carbocycles. The Hall–Kier alpha value is -2.36. The summed E-state index contributed by atoms with van der Waals surface area (Å²) >= 11 is 0. The molecular weight excluding hydrogens is 300 g/mol. The highest BCUT2D eigenvalue weighted by Gasteiger charge is 2.40. The first-order valence-corrected chi connectivity index (χ1v) is 8.32. The van der Waals surface area contributed by atoms with Gasteiger partial charge < -0.3 is 9.80 Å². The van der Waals surface area contributed by atoms with E-state index in [0.717, 1.165) is 11.1 Å². The van der Waals surface area contributed by atoms with Crippen LogP contribution in [0.3, 0.4) is 0 Å². The predicted octanol–water partition coefficient (Wildman–Crippen LogP) is 3.11. The van der Waals surface area contributed by atoms with Crippen molar-refractivity contribution in [3.05, 3.63) is 60.7 Å². The number of carbonyl (C=O) groups is 2. The summed E-state index contributed by atoms with van der Waals surface area (Å²) in [7, 11) is 1.79. The van der Waals surface area contributed by atoms with Gasteiger partial charge in [-0.1, -0.05) is 42.0 Å². The summed E-state index contributed by atoms with van der Waals surface area (Å²) < 4.78 is 0. The molecule has 0 bridgehead atoms. The number of hydrogen-bond donors (Lipinski definition) is 0. The van der Waals surface area contributed by atoms with Gasteiger partial charge in [-0.15, -0.1) is 13.2 Å². The molecule has 2 atom stereocenters. The normalized spacial score (nSPS) is 20.6. The van der Waals surface area contributed by atoms with Crippen LogP contribution < -0.4 is 0 Å². The first kappa shape index (κ1) is 18.0. The Balaban J connectivity index is 2.35. The molecule has 1 aromatic rings. The highest BCUT2D eigenvalue weighted by atomic mass is 16.2. The molecule has 128 valence electrons. The highest BCUT2D eigenvalue weighted by Crippen LogP contribution is 2.37. The number of hydrogen-bond acceptors (Lipinski definition) is 2. The zero-order valence-electron chi connectivity index (χ0n) is 14.6. The number of aryl methyl sites for hydroxylation is 1. The topological polar surface area (TPSA) is 40.6 Å². The van der Waals surface area contributed by atoms with Gasteiger partial charge >= 0.3 is 0 Å². The average molecular weight is 326 g/mol. The van der Waals surface area contributed by atoms with Crippen molar-refractivity contribution >= 4 is 11.8 Å². The Morgan fingerprint density at radius 1 is 1.25 bits per heavy atom. The van der Waals surface area contributed by atoms with Crippen molar-refractivity contribution in [3.8, 4) is 0 Å². The number of amides is 2. The third-order valence-corrected chi connectivity index (χ3v) is 4.61. The van der Waals surface area contributed by atoms with E-state index in [1.165, 1.54) is 0 Å². The van der Waals surface area contributed by atoms with Crippen molar-refractivity contribution in [3.63, 3.8) is 0 Å². The summed E-state index contributed by atoms with van der Waals surface area (Å²) in [5, 5.41) is 0. The quantitative estimate of drug-likeness (QED) is 0.754. The van der Waals surface area contributed by atoms with Gasteiger partial charge in [-0.3, -0.25) is 9.59 Å². The minimum atomic E-state index is -0.240. The van der Waals surface area contributed by atoms with Gasteiger partial charge in [0.25, 0.3) is 0 Å². The Morgan fingerprint density at radius 2 is 1.83 bits per heavy atom. The fraction of sp³-hybridized carbons (Fsp3) is 0.400. The molecule has 0 radical (unpaired) electrons. The maximum Gasteiger partial charge on any atom is 0.228 e. The smallest absolute Gasteiger partial charge is 0.228 e. The first-order valence-electron chi connectivity index (χ1n) is 8.32. The third-order valence-electron chi connectivity index (χ3n) is 4.61. The van der Waals surface area contributed by atoms with Gasteiger partial charge in [0.2, 0.25) is 11.8 Å². The molecule has 2 rings (SSSR count). The molecule has 2 amide bonds. The summed E-state index contributed by atoms with van der Waals surface area (Å²) in [5.74, 6) is -0.0985. The standard InChI is InChI=1S/C20H26N2O2/c1-5-13-22(14-6-2)20(24)17-11-12-18(23)21(4)19(17)16-9-7-15(3)8-10-16/h5-10,17,19H,1-2,11-14H2,3-4H3/t17-,19+/m1/s1. The van der Waals surface area contributed by atoms with E-state index in [1.54, 1.807) is 29.0 Å². The number of piperidine rings is 1. The van der Waals surface area contributed by atoms with Gasteiger partial charge in [-0.2, -0.15) is 0 Å². The molecule has 1 aliphatic heterocycles. The second-order valence-electron chi connectivity index (χ2n) is 6.33. The van der Waals surface area contributed by atoms with Gasteiger partial charge in [0.1, 0.15) is 0 Å². The molecule has 1 aromatic carbocycles. The summed E-state index contributed by atoms with van der Waals surface area (Å²) in [6, 6.07) is 7.85. The summed E-state index contributed by atoms with van der Waals surface area (Å²) in [6.07, 6.45) is 4.43. The van der Waals surface area contributed by atoms with Crippen LogP contribution >= 0.6 is 0 Å². The van der Waals surface area contributed by atoms with Crippen molar-refractivity contribution in [1.82, 2.24) is 9.80 Å². The third kappa shape index (κ3) is 3.75. The Bertz CT molecular complexity index is 611. The van der Waals surface area contributed by atoms with E-state index in [4.69, 9.17) is 0 Å². The van der Waals surface area contributed by atoms with Crippen LogP contribution in [0.1, 0.15) is 30.0 Å². The summed E-state index contributed by atoms with van der Waals surface area (Å²) in [4.78, 5) is 28.7. The molecule has 4 heteroatoms. The van der Waals surface area contributed by atoms with Crippen LogP contribution in [0, 0.1) is 12.8 Å². The van der Waals surface area contributed by atoms with Crippen LogP contribution in [-0.2, 0) is 9.59 Å². The largest absolute Gasteiger partial charge is 0.338 e. The maximum atomic E-state index is 13.1. The van der Waals surface area contributed by atoms with Crippen LogP contribution in [0.25, 0.3) is 0 Å². The minimum Gasteiger partial charge on any atom is -0.338 e. The Labute approximate surface area is 144 Å². The number of rotatable bonds is 6. The van der Waals surface area contributed by atoms with Crippen molar-refractivity contribution in [2.24, 2.45) is 5.92 Å². The number of likely N-dealkylation sites (tertiary alicyclic amines) is 1. The van der Waals surface area contributed by atoms with E-state index in [1.807, 2.05) is 31.2 Å². The minimum absolute atomic E-state index is 0.0553. The number of carbonyl (C=O) groups excluding carboxylic acids is 2. The lowest BCUT2D eigenvalue weighted by atomic mass is 9.83. The zero-order valence-corrected chi connectivity index (χ0v) is 14.6. The predicted molar refractivity (Wildman–Crippen MR) is 96.4 cm³/mol. The van der Waals surface area contributed by atoms with E-state index >= 15 is 0 Å². The van der Waals surface area contributed by atoms with E-state index in [2.05, 4.69) is 13.2 Å². The highest BCUT2D eigenvalue weighted by molar-refractivity contribution is 5.85. The summed E-state index contributed by atoms with van der Waals surface area (Å²) in [5.41, 5.74) is 2.16. The van der Waals surface area contributed by atoms with Gasteiger partial charge in [-0.05, 0) is 18.9 Å². The fourth-order valence-electron chi connectivity index (χ4n) is 3.32. The van der Waals surface area contributed by atoms with Crippen molar-refractivity contribution in [1.29, 1.82) is 0 Å². The second kappa shape index (κ2) is 7.95. The lowest BCUT2D eigenvalue weighted by Crippen LogP contribution is -2.47. The van der Waals surface area contributed by atoms with Gasteiger partial charge in [0, 0.05) is 26.6 Å². The SMILES string of the molecule is C=CCN(CC=C)C(=O)[C@@H]1CCC(=O)N(C)[C@H]1c1ccc(C)cc1. The molecule has 4 nitrogen and oxygen atoms in total. The van der Waals surface area contributed by atoms with Crippen LogP contribution in [0.15, 0.2) is 49.6 Å². The first-order chi connectivity index (χ1) is 11.5. The van der Waals surface area contributed by atoms with Crippen LogP contribution in [0.4, 0.5) is 0 Å². The number of nitrogens with zero attached hydrogens (tertiary/aromatic N) is 2. The van der Waals surface area contributed by atoms with Crippen LogP contribution in [-0.4, -0.2) is 41.8 Å². The maximum absolute atomic E-state index is 13.1. The fourth-order valence-corrected chi connectivity index (χ4v) is 3.32. The van der Waals surface area contributed by atoms with E-state index in [9.17, 15) is 9.59 Å². The molecule has 0 unspecified atom stereocenters. The van der Waals surface area contributed by atoms with Gasteiger partial charge in [0.15, 0.2) is 0 Å². The second-order valence-corrected chi connectivity index (χ2v) is 6.33. The molecule has 0 N–H and O–H groups in total. The molecule has 1 fully saturated rings. The van der Waals surface area contributed by atoms with Crippen molar-refractivity contribution in [2.45, 2.75) is 25.8 Å². The van der Waals surface area contributed by atoms with Crippen molar-refractivity contribution < 1.29 is 9.59 Å². The zero-order chi connectivity index (χ0) is 17.7. The lowest BCUT2D eigenvalue weighted by molar-refractivity contribution is -0.146. The molecule has 1 heterocycles.